The van der Waals surface area contributed by atoms with Crippen LogP contribution in [0.4, 0.5) is 18.9 Å². The molecule has 0 fully saturated rings. The first-order valence-electron chi connectivity index (χ1n) is 7.18. The molecule has 3 rings (SSSR count). The van der Waals surface area contributed by atoms with Crippen LogP contribution < -0.4 is 20.3 Å². The fourth-order valence-corrected chi connectivity index (χ4v) is 2.47. The number of rotatable bonds is 3. The third-order valence-corrected chi connectivity index (χ3v) is 3.52. The predicted octanol–water partition coefficient (Wildman–Crippen LogP) is 2.98. The SMILES string of the molecule is N[C@H]1Cc2cc(Oc3cccc(OC(F)(F)F)c3)ccc2N(O)C1=O. The fraction of sp³-hybridized carbons (Fsp3) is 0.188. The molecule has 9 heteroatoms. The molecule has 25 heavy (non-hydrogen) atoms. The Morgan fingerprint density at radius 2 is 1.80 bits per heavy atom. The summed E-state index contributed by atoms with van der Waals surface area (Å²) in [6.07, 6.45) is -4.59. The number of ether oxygens (including phenoxy) is 2. The molecule has 2 aromatic rings. The number of benzene rings is 2. The van der Waals surface area contributed by atoms with Gasteiger partial charge in [-0.2, -0.15) is 5.06 Å². The quantitative estimate of drug-likeness (QED) is 0.828. The van der Waals surface area contributed by atoms with Gasteiger partial charge in [-0.15, -0.1) is 13.2 Å². The molecule has 1 aliphatic heterocycles. The van der Waals surface area contributed by atoms with E-state index in [0.717, 1.165) is 12.1 Å². The van der Waals surface area contributed by atoms with Gasteiger partial charge in [0.05, 0.1) is 11.7 Å². The first-order valence-corrected chi connectivity index (χ1v) is 7.18. The zero-order valence-electron chi connectivity index (χ0n) is 12.7. The Balaban J connectivity index is 1.82. The molecule has 1 heterocycles. The van der Waals surface area contributed by atoms with E-state index >= 15 is 0 Å². The normalized spacial score (nSPS) is 17.2. The molecule has 0 saturated carbocycles. The van der Waals surface area contributed by atoms with Gasteiger partial charge >= 0.3 is 6.36 Å². The van der Waals surface area contributed by atoms with Gasteiger partial charge < -0.3 is 15.2 Å². The molecular weight excluding hydrogens is 341 g/mol. The topological polar surface area (TPSA) is 85.0 Å². The Morgan fingerprint density at radius 3 is 2.52 bits per heavy atom. The van der Waals surface area contributed by atoms with Crippen LogP contribution in [0.25, 0.3) is 0 Å². The monoisotopic (exact) mass is 354 g/mol. The summed E-state index contributed by atoms with van der Waals surface area (Å²) in [5, 5.41) is 10.2. The molecule has 0 unspecified atom stereocenters. The Kier molecular flexibility index (Phi) is 4.27. The molecule has 0 aromatic heterocycles. The lowest BCUT2D eigenvalue weighted by Gasteiger charge is -2.27. The highest BCUT2D eigenvalue weighted by Gasteiger charge is 2.31. The van der Waals surface area contributed by atoms with Crippen LogP contribution in [-0.4, -0.2) is 23.5 Å². The van der Waals surface area contributed by atoms with E-state index in [2.05, 4.69) is 4.74 Å². The number of hydrogen-bond acceptors (Lipinski definition) is 5. The van der Waals surface area contributed by atoms with Crippen molar-refractivity contribution in [3.05, 3.63) is 48.0 Å². The van der Waals surface area contributed by atoms with E-state index in [4.69, 9.17) is 10.5 Å². The summed E-state index contributed by atoms with van der Waals surface area (Å²) in [7, 11) is 0. The number of halogens is 3. The minimum absolute atomic E-state index is 0.138. The van der Waals surface area contributed by atoms with Crippen LogP contribution in [0.1, 0.15) is 5.56 Å². The summed E-state index contributed by atoms with van der Waals surface area (Å²) < 4.78 is 46.1. The van der Waals surface area contributed by atoms with Gasteiger partial charge in [-0.05, 0) is 42.3 Å². The van der Waals surface area contributed by atoms with E-state index in [1.807, 2.05) is 0 Å². The number of fused-ring (bicyclic) bond motifs is 1. The number of nitrogens with two attached hydrogens (primary N) is 1. The number of hydroxylamine groups is 1. The summed E-state index contributed by atoms with van der Waals surface area (Å²) in [4.78, 5) is 11.6. The summed E-state index contributed by atoms with van der Waals surface area (Å²) in [5.41, 5.74) is 6.51. The lowest BCUT2D eigenvalue weighted by atomic mass is 9.99. The van der Waals surface area contributed by atoms with Gasteiger partial charge in [0.2, 0.25) is 0 Å². The molecule has 1 amide bonds. The molecule has 1 atom stereocenters. The van der Waals surface area contributed by atoms with E-state index in [1.165, 1.54) is 24.3 Å². The number of carbonyl (C=O) groups excluding carboxylic acids is 1. The van der Waals surface area contributed by atoms with Crippen LogP contribution in [-0.2, 0) is 11.2 Å². The van der Waals surface area contributed by atoms with Gasteiger partial charge in [0, 0.05) is 6.07 Å². The highest BCUT2D eigenvalue weighted by Crippen LogP contribution is 2.33. The fourth-order valence-electron chi connectivity index (χ4n) is 2.47. The third kappa shape index (κ3) is 3.83. The molecule has 0 saturated heterocycles. The van der Waals surface area contributed by atoms with Gasteiger partial charge in [0.25, 0.3) is 5.91 Å². The standard InChI is InChI=1S/C16H13F3N2O4/c17-16(18,19)25-12-3-1-2-10(8-12)24-11-4-5-14-9(6-11)7-13(20)15(22)21(14)23/h1-6,8,13,23H,7,20H2/t13-/m0/s1. The first-order chi connectivity index (χ1) is 11.7. The smallest absolute Gasteiger partial charge is 0.457 e. The number of nitrogens with zero attached hydrogens (tertiary/aromatic N) is 1. The van der Waals surface area contributed by atoms with Crippen molar-refractivity contribution in [2.75, 3.05) is 5.06 Å². The molecule has 3 N–H and O–H groups in total. The second-order valence-electron chi connectivity index (χ2n) is 5.38. The molecule has 0 radical (unpaired) electrons. The lowest BCUT2D eigenvalue weighted by molar-refractivity contribution is -0.274. The van der Waals surface area contributed by atoms with Crippen molar-refractivity contribution in [1.29, 1.82) is 0 Å². The van der Waals surface area contributed by atoms with Crippen LogP contribution in [0, 0.1) is 0 Å². The second kappa shape index (κ2) is 6.26. The number of carbonyl (C=O) groups is 1. The van der Waals surface area contributed by atoms with E-state index in [9.17, 15) is 23.2 Å². The highest BCUT2D eigenvalue weighted by molar-refractivity contribution is 5.98. The number of alkyl halides is 3. The average molecular weight is 354 g/mol. The predicted molar refractivity (Wildman–Crippen MR) is 80.6 cm³/mol. The molecule has 1 aliphatic rings. The Morgan fingerprint density at radius 1 is 1.12 bits per heavy atom. The van der Waals surface area contributed by atoms with Crippen LogP contribution in [0.15, 0.2) is 42.5 Å². The van der Waals surface area contributed by atoms with E-state index < -0.39 is 24.1 Å². The minimum atomic E-state index is -4.79. The molecule has 0 spiro atoms. The highest BCUT2D eigenvalue weighted by atomic mass is 19.4. The van der Waals surface area contributed by atoms with Crippen molar-refractivity contribution in [3.63, 3.8) is 0 Å². The van der Waals surface area contributed by atoms with Crippen molar-refractivity contribution in [1.82, 2.24) is 0 Å². The molecular formula is C16H13F3N2O4. The third-order valence-electron chi connectivity index (χ3n) is 3.52. The molecule has 6 nitrogen and oxygen atoms in total. The maximum atomic E-state index is 12.3. The van der Waals surface area contributed by atoms with Crippen LogP contribution in [0.2, 0.25) is 0 Å². The summed E-state index contributed by atoms with van der Waals surface area (Å²) in [6.45, 7) is 0. The molecule has 0 bridgehead atoms. The first kappa shape index (κ1) is 17.1. The summed E-state index contributed by atoms with van der Waals surface area (Å²) in [6, 6.07) is 8.70. The van der Waals surface area contributed by atoms with Crippen LogP contribution in [0.3, 0.4) is 0 Å². The lowest BCUT2D eigenvalue weighted by Crippen LogP contribution is -2.47. The van der Waals surface area contributed by atoms with Gasteiger partial charge in [-0.25, -0.2) is 0 Å². The van der Waals surface area contributed by atoms with Crippen LogP contribution >= 0.6 is 0 Å². The van der Waals surface area contributed by atoms with Gasteiger partial charge in [-0.1, -0.05) is 6.07 Å². The van der Waals surface area contributed by atoms with Crippen molar-refractivity contribution in [2.45, 2.75) is 18.8 Å². The van der Waals surface area contributed by atoms with E-state index in [1.54, 1.807) is 6.07 Å². The molecule has 132 valence electrons. The van der Waals surface area contributed by atoms with Crippen LogP contribution in [0.5, 0.6) is 17.2 Å². The average Bonchev–Trinajstić information content (AvgIpc) is 2.51. The maximum absolute atomic E-state index is 12.3. The largest absolute Gasteiger partial charge is 0.573 e. The number of anilines is 1. The van der Waals surface area contributed by atoms with E-state index in [-0.39, 0.29) is 17.9 Å². The molecule has 2 aromatic carbocycles. The maximum Gasteiger partial charge on any atom is 0.573 e. The minimum Gasteiger partial charge on any atom is -0.457 e. The Labute approximate surface area is 140 Å². The number of hydrogen-bond donors (Lipinski definition) is 2. The van der Waals surface area contributed by atoms with Crippen molar-refractivity contribution < 1.29 is 32.6 Å². The summed E-state index contributed by atoms with van der Waals surface area (Å²) in [5.74, 6) is -0.563. The van der Waals surface area contributed by atoms with Crippen molar-refractivity contribution in [2.24, 2.45) is 5.73 Å². The zero-order chi connectivity index (χ0) is 18.2. The van der Waals surface area contributed by atoms with Gasteiger partial charge in [0.1, 0.15) is 17.2 Å². The van der Waals surface area contributed by atoms with Gasteiger partial charge in [0.15, 0.2) is 0 Å². The zero-order valence-corrected chi connectivity index (χ0v) is 12.7. The molecule has 0 aliphatic carbocycles. The Hall–Kier alpha value is -2.78. The van der Waals surface area contributed by atoms with E-state index in [0.29, 0.717) is 16.4 Å². The van der Waals surface area contributed by atoms with Gasteiger partial charge in [-0.3, -0.25) is 10.0 Å². The second-order valence-corrected chi connectivity index (χ2v) is 5.38. The number of amides is 1. The van der Waals surface area contributed by atoms with Crippen molar-refractivity contribution in [3.8, 4) is 17.2 Å². The van der Waals surface area contributed by atoms with Crippen molar-refractivity contribution >= 4 is 11.6 Å². The Bertz CT molecular complexity index is 810. The summed E-state index contributed by atoms with van der Waals surface area (Å²) >= 11 is 0.